The maximum Gasteiger partial charge on any atom is 0.244 e. The molecule has 0 aromatic heterocycles. The van der Waals surface area contributed by atoms with E-state index < -0.39 is 10.0 Å². The van der Waals surface area contributed by atoms with Crippen molar-refractivity contribution < 1.29 is 8.42 Å². The predicted octanol–water partition coefficient (Wildman–Crippen LogP) is 3.13. The highest BCUT2D eigenvalue weighted by Gasteiger charge is 2.39. The van der Waals surface area contributed by atoms with Crippen LogP contribution in [-0.2, 0) is 10.0 Å². The average molecular weight is 353 g/mol. The van der Waals surface area contributed by atoms with E-state index in [0.717, 1.165) is 6.42 Å². The second kappa shape index (κ2) is 5.49. The average Bonchev–Trinajstić information content (AvgIpc) is 2.71. The first kappa shape index (κ1) is 14.3. The molecule has 0 amide bonds. The van der Waals surface area contributed by atoms with Gasteiger partial charge in [0.05, 0.1) is 5.02 Å². The molecule has 1 heterocycles. The van der Waals surface area contributed by atoms with Gasteiger partial charge >= 0.3 is 0 Å². The van der Waals surface area contributed by atoms with Crippen molar-refractivity contribution in [3.05, 3.63) is 29.3 Å². The molecule has 6 heteroatoms. The first-order chi connectivity index (χ1) is 8.48. The third-order valence-corrected chi connectivity index (χ3v) is 6.50. The monoisotopic (exact) mass is 351 g/mol. The van der Waals surface area contributed by atoms with Crippen LogP contribution in [0, 0.1) is 5.92 Å². The molecule has 0 spiro atoms. The lowest BCUT2D eigenvalue weighted by Gasteiger charge is -2.25. The summed E-state index contributed by atoms with van der Waals surface area (Å²) in [7, 11) is -3.49. The smallest absolute Gasteiger partial charge is 0.207 e. The molecule has 1 aromatic carbocycles. The molecule has 100 valence electrons. The van der Waals surface area contributed by atoms with Crippen LogP contribution < -0.4 is 0 Å². The van der Waals surface area contributed by atoms with Crippen LogP contribution in [0.3, 0.4) is 0 Å². The second-order valence-corrected chi connectivity index (χ2v) is 7.45. The molecule has 3 nitrogen and oxygen atoms in total. The Bertz CT molecular complexity index is 535. The lowest BCUT2D eigenvalue weighted by atomic mass is 10.1. The van der Waals surface area contributed by atoms with E-state index in [1.807, 2.05) is 0 Å². The highest BCUT2D eigenvalue weighted by atomic mass is 79.9. The van der Waals surface area contributed by atoms with E-state index in [1.165, 1.54) is 0 Å². The maximum absolute atomic E-state index is 12.6. The third kappa shape index (κ3) is 2.46. The number of nitrogens with zero attached hydrogens (tertiary/aromatic N) is 1. The van der Waals surface area contributed by atoms with Gasteiger partial charge in [-0.1, -0.05) is 46.6 Å². The maximum atomic E-state index is 12.6. The summed E-state index contributed by atoms with van der Waals surface area (Å²) in [6.07, 6.45) is 0.889. The van der Waals surface area contributed by atoms with Crippen LogP contribution in [0.2, 0.25) is 5.02 Å². The molecule has 2 atom stereocenters. The van der Waals surface area contributed by atoms with Gasteiger partial charge in [0, 0.05) is 17.9 Å². The first-order valence-corrected chi connectivity index (χ1v) is 8.74. The Hall–Kier alpha value is -0.100. The molecule has 0 N–H and O–H groups in total. The van der Waals surface area contributed by atoms with Gasteiger partial charge in [0.25, 0.3) is 0 Å². The van der Waals surface area contributed by atoms with Crippen molar-refractivity contribution in [1.82, 2.24) is 4.31 Å². The molecule has 18 heavy (non-hydrogen) atoms. The van der Waals surface area contributed by atoms with E-state index in [0.29, 0.717) is 17.8 Å². The summed E-state index contributed by atoms with van der Waals surface area (Å²) in [6.45, 7) is 2.64. The Kier molecular flexibility index (Phi) is 4.36. The molecule has 0 saturated carbocycles. The molecular formula is C12H15BrClNO2S. The molecule has 1 aliphatic rings. The van der Waals surface area contributed by atoms with E-state index in [2.05, 4.69) is 22.9 Å². The Balaban J connectivity index is 2.41. The highest BCUT2D eigenvalue weighted by Crippen LogP contribution is 2.33. The minimum Gasteiger partial charge on any atom is -0.207 e. The minimum atomic E-state index is -3.49. The van der Waals surface area contributed by atoms with Crippen molar-refractivity contribution in [2.75, 3.05) is 11.9 Å². The molecule has 0 radical (unpaired) electrons. The number of hydrogen-bond acceptors (Lipinski definition) is 2. The molecule has 1 saturated heterocycles. The molecule has 1 fully saturated rings. The third-order valence-electron chi connectivity index (χ3n) is 3.41. The van der Waals surface area contributed by atoms with Gasteiger partial charge < -0.3 is 0 Å². The molecule has 1 aromatic rings. The fourth-order valence-electron chi connectivity index (χ4n) is 2.28. The van der Waals surface area contributed by atoms with Gasteiger partial charge in [0.2, 0.25) is 10.0 Å². The van der Waals surface area contributed by atoms with Crippen LogP contribution >= 0.6 is 27.5 Å². The van der Waals surface area contributed by atoms with E-state index in [1.54, 1.807) is 28.6 Å². The number of alkyl halides is 1. The van der Waals surface area contributed by atoms with Gasteiger partial charge in [-0.2, -0.15) is 4.31 Å². The quantitative estimate of drug-likeness (QED) is 0.784. The van der Waals surface area contributed by atoms with Crippen LogP contribution in [0.25, 0.3) is 0 Å². The van der Waals surface area contributed by atoms with Gasteiger partial charge in [0.15, 0.2) is 0 Å². The Morgan fingerprint density at radius 1 is 1.44 bits per heavy atom. The van der Waals surface area contributed by atoms with E-state index in [4.69, 9.17) is 11.6 Å². The topological polar surface area (TPSA) is 37.4 Å². The Morgan fingerprint density at radius 2 is 2.11 bits per heavy atom. The van der Waals surface area contributed by atoms with Crippen molar-refractivity contribution in [3.63, 3.8) is 0 Å². The highest BCUT2D eigenvalue weighted by molar-refractivity contribution is 9.09. The normalized spacial score (nSPS) is 25.5. The molecule has 0 aliphatic carbocycles. The number of hydrogen-bond donors (Lipinski definition) is 0. The van der Waals surface area contributed by atoms with Crippen molar-refractivity contribution in [2.24, 2.45) is 5.92 Å². The zero-order valence-corrected chi connectivity index (χ0v) is 13.2. The Morgan fingerprint density at radius 3 is 2.72 bits per heavy atom. The zero-order valence-electron chi connectivity index (χ0n) is 10.0. The zero-order chi connectivity index (χ0) is 13.3. The van der Waals surface area contributed by atoms with Crippen molar-refractivity contribution in [1.29, 1.82) is 0 Å². The summed E-state index contributed by atoms with van der Waals surface area (Å²) in [5.41, 5.74) is 0. The van der Waals surface area contributed by atoms with Gasteiger partial charge in [-0.25, -0.2) is 8.42 Å². The number of sulfonamides is 1. The van der Waals surface area contributed by atoms with Crippen LogP contribution in [0.1, 0.15) is 13.3 Å². The summed E-state index contributed by atoms with van der Waals surface area (Å²) < 4.78 is 26.7. The molecule has 2 unspecified atom stereocenters. The van der Waals surface area contributed by atoms with E-state index in [-0.39, 0.29) is 16.0 Å². The summed E-state index contributed by atoms with van der Waals surface area (Å²) in [5, 5.41) is 0.933. The van der Waals surface area contributed by atoms with Gasteiger partial charge in [-0.05, 0) is 24.5 Å². The van der Waals surface area contributed by atoms with Crippen molar-refractivity contribution in [3.8, 4) is 0 Å². The number of rotatable bonds is 3. The van der Waals surface area contributed by atoms with Gasteiger partial charge in [-0.3, -0.25) is 0 Å². The SMILES string of the molecule is CC1CCN(S(=O)(=O)c2ccccc2Cl)C1CBr. The van der Waals surface area contributed by atoms with Crippen LogP contribution in [0.5, 0.6) is 0 Å². The lowest BCUT2D eigenvalue weighted by Crippen LogP contribution is -2.38. The summed E-state index contributed by atoms with van der Waals surface area (Å²) in [6, 6.07) is 6.60. The largest absolute Gasteiger partial charge is 0.244 e. The first-order valence-electron chi connectivity index (χ1n) is 5.81. The molecular weight excluding hydrogens is 338 g/mol. The van der Waals surface area contributed by atoms with Crippen molar-refractivity contribution >= 4 is 37.6 Å². The second-order valence-electron chi connectivity index (χ2n) is 4.53. The molecule has 0 bridgehead atoms. The molecule has 2 rings (SSSR count). The predicted molar refractivity (Wildman–Crippen MR) is 76.7 cm³/mol. The lowest BCUT2D eigenvalue weighted by molar-refractivity contribution is 0.378. The standard InChI is InChI=1S/C12H15BrClNO2S/c1-9-6-7-15(11(9)8-13)18(16,17)12-5-3-2-4-10(12)14/h2-5,9,11H,6-8H2,1H3. The van der Waals surface area contributed by atoms with Gasteiger partial charge in [0.1, 0.15) is 4.90 Å². The minimum absolute atomic E-state index is 0.00581. The summed E-state index contributed by atoms with van der Waals surface area (Å²) in [5.74, 6) is 0.363. The summed E-state index contributed by atoms with van der Waals surface area (Å²) >= 11 is 9.40. The van der Waals surface area contributed by atoms with Gasteiger partial charge in [-0.15, -0.1) is 0 Å². The van der Waals surface area contributed by atoms with Crippen molar-refractivity contribution in [2.45, 2.75) is 24.3 Å². The van der Waals surface area contributed by atoms with E-state index >= 15 is 0 Å². The van der Waals surface area contributed by atoms with Crippen LogP contribution in [0.15, 0.2) is 29.2 Å². The van der Waals surface area contributed by atoms with E-state index in [9.17, 15) is 8.42 Å². The fourth-order valence-corrected chi connectivity index (χ4v) is 5.69. The Labute approximate surface area is 121 Å². The molecule has 1 aliphatic heterocycles. The summed E-state index contributed by atoms with van der Waals surface area (Å²) in [4.78, 5) is 0.201. The fraction of sp³-hybridized carbons (Fsp3) is 0.500. The van der Waals surface area contributed by atoms with Crippen LogP contribution in [-0.4, -0.2) is 30.6 Å². The number of halogens is 2. The van der Waals surface area contributed by atoms with Crippen LogP contribution in [0.4, 0.5) is 0 Å². The number of benzene rings is 1.